The second kappa shape index (κ2) is 11.3. The third kappa shape index (κ3) is 8.77. The van der Waals surface area contributed by atoms with Crippen molar-refractivity contribution < 1.29 is 31.6 Å². The molecule has 7 nitrogen and oxygen atoms in total. The van der Waals surface area contributed by atoms with Crippen LogP contribution in [0, 0.1) is 6.92 Å². The molecular formula is C15H22O7S. The fraction of sp³-hybridized carbons (Fsp3) is 0.533. The first-order valence-electron chi connectivity index (χ1n) is 7.19. The summed E-state index contributed by atoms with van der Waals surface area (Å²) in [6.07, 6.45) is 0.674. The van der Waals surface area contributed by atoms with Gasteiger partial charge in [0.25, 0.3) is 10.1 Å². The molecule has 1 aromatic rings. The molecule has 0 aliphatic carbocycles. The van der Waals surface area contributed by atoms with E-state index in [2.05, 4.69) is 0 Å². The maximum atomic E-state index is 11.9. The molecule has 23 heavy (non-hydrogen) atoms. The van der Waals surface area contributed by atoms with Gasteiger partial charge in [-0.1, -0.05) is 17.7 Å². The van der Waals surface area contributed by atoms with E-state index in [1.807, 2.05) is 6.92 Å². The van der Waals surface area contributed by atoms with E-state index in [1.165, 1.54) is 12.1 Å². The predicted octanol–water partition coefficient (Wildman–Crippen LogP) is 0.949. The molecule has 1 rings (SSSR count). The Bertz CT molecular complexity index is 539. The SMILES string of the molecule is Cc1ccc(S(=O)(=O)OCCOCCOCCOCC=O)cc1. The Balaban J connectivity index is 2.06. The van der Waals surface area contributed by atoms with Crippen molar-refractivity contribution in [3.8, 4) is 0 Å². The minimum atomic E-state index is -3.74. The monoisotopic (exact) mass is 346 g/mol. The van der Waals surface area contributed by atoms with Gasteiger partial charge in [0.15, 0.2) is 0 Å². The van der Waals surface area contributed by atoms with Gasteiger partial charge < -0.3 is 19.0 Å². The highest BCUT2D eigenvalue weighted by molar-refractivity contribution is 7.86. The molecule has 1 aromatic carbocycles. The number of carbonyl (C=O) groups excluding carboxylic acids is 1. The van der Waals surface area contributed by atoms with Crippen LogP contribution in [0.1, 0.15) is 5.56 Å². The number of carbonyl (C=O) groups is 1. The highest BCUT2D eigenvalue weighted by atomic mass is 32.2. The van der Waals surface area contributed by atoms with Gasteiger partial charge in [0.1, 0.15) is 12.9 Å². The van der Waals surface area contributed by atoms with Crippen molar-refractivity contribution in [3.63, 3.8) is 0 Å². The first-order chi connectivity index (χ1) is 11.1. The van der Waals surface area contributed by atoms with Crippen LogP contribution in [0.25, 0.3) is 0 Å². The average Bonchev–Trinajstić information content (AvgIpc) is 2.53. The topological polar surface area (TPSA) is 88.1 Å². The molecule has 0 aliphatic heterocycles. The summed E-state index contributed by atoms with van der Waals surface area (Å²) in [6, 6.07) is 6.43. The number of aryl methyl sites for hydroxylation is 1. The molecule has 0 aromatic heterocycles. The fourth-order valence-corrected chi connectivity index (χ4v) is 2.44. The molecule has 0 aliphatic rings. The zero-order chi connectivity index (χ0) is 17.0. The lowest BCUT2D eigenvalue weighted by molar-refractivity contribution is -0.112. The molecule has 0 heterocycles. The van der Waals surface area contributed by atoms with Gasteiger partial charge in [-0.15, -0.1) is 0 Å². The van der Waals surface area contributed by atoms with E-state index in [1.54, 1.807) is 12.1 Å². The van der Waals surface area contributed by atoms with E-state index in [9.17, 15) is 13.2 Å². The second-order valence-electron chi connectivity index (χ2n) is 4.56. The van der Waals surface area contributed by atoms with Crippen molar-refractivity contribution in [2.45, 2.75) is 11.8 Å². The molecule has 130 valence electrons. The van der Waals surface area contributed by atoms with E-state index >= 15 is 0 Å². The lowest BCUT2D eigenvalue weighted by atomic mass is 10.2. The molecule has 0 bridgehead atoms. The van der Waals surface area contributed by atoms with Crippen molar-refractivity contribution in [1.82, 2.24) is 0 Å². The molecule has 0 atom stereocenters. The normalized spacial score (nSPS) is 11.5. The Kier molecular flexibility index (Phi) is 9.65. The number of aldehydes is 1. The van der Waals surface area contributed by atoms with Gasteiger partial charge in [0.2, 0.25) is 0 Å². The Labute approximate surface area is 136 Å². The first-order valence-corrected chi connectivity index (χ1v) is 8.60. The van der Waals surface area contributed by atoms with Crippen LogP contribution in [0.2, 0.25) is 0 Å². The molecule has 0 saturated carbocycles. The Hall–Kier alpha value is -1.32. The smallest absolute Gasteiger partial charge is 0.297 e. The molecular weight excluding hydrogens is 324 g/mol. The molecule has 0 radical (unpaired) electrons. The van der Waals surface area contributed by atoms with Crippen molar-refractivity contribution in [3.05, 3.63) is 29.8 Å². The van der Waals surface area contributed by atoms with E-state index in [4.69, 9.17) is 18.4 Å². The van der Waals surface area contributed by atoms with Gasteiger partial charge >= 0.3 is 0 Å². The van der Waals surface area contributed by atoms with Crippen LogP contribution in [0.5, 0.6) is 0 Å². The van der Waals surface area contributed by atoms with Crippen LogP contribution in [0.4, 0.5) is 0 Å². The number of hydrogen-bond donors (Lipinski definition) is 0. The standard InChI is InChI=1S/C15H22O7S/c1-14-2-4-15(5-3-14)23(17,18)22-13-12-21-11-10-20-9-8-19-7-6-16/h2-6H,7-13H2,1H3. The second-order valence-corrected chi connectivity index (χ2v) is 6.17. The van der Waals surface area contributed by atoms with Gasteiger partial charge in [-0.2, -0.15) is 8.42 Å². The van der Waals surface area contributed by atoms with Crippen LogP contribution in [-0.4, -0.2) is 61.0 Å². The molecule has 0 spiro atoms. The van der Waals surface area contributed by atoms with Gasteiger partial charge in [0, 0.05) is 0 Å². The van der Waals surface area contributed by atoms with Crippen LogP contribution < -0.4 is 0 Å². The van der Waals surface area contributed by atoms with Crippen molar-refractivity contribution in [2.24, 2.45) is 0 Å². The number of rotatable bonds is 13. The number of benzene rings is 1. The number of hydrogen-bond acceptors (Lipinski definition) is 7. The summed E-state index contributed by atoms with van der Waals surface area (Å²) in [6.45, 7) is 3.42. The summed E-state index contributed by atoms with van der Waals surface area (Å²) in [5.41, 5.74) is 0.976. The van der Waals surface area contributed by atoms with Gasteiger partial charge in [0.05, 0.1) is 44.5 Å². The summed E-state index contributed by atoms with van der Waals surface area (Å²) in [5, 5.41) is 0. The zero-order valence-corrected chi connectivity index (χ0v) is 13.9. The maximum absolute atomic E-state index is 11.9. The van der Waals surface area contributed by atoms with Crippen molar-refractivity contribution in [1.29, 1.82) is 0 Å². The Morgan fingerprint density at radius 2 is 1.39 bits per heavy atom. The van der Waals surface area contributed by atoms with Gasteiger partial charge in [-0.25, -0.2) is 0 Å². The van der Waals surface area contributed by atoms with Crippen molar-refractivity contribution >= 4 is 16.4 Å². The summed E-state index contributed by atoms with van der Waals surface area (Å²) in [7, 11) is -3.74. The summed E-state index contributed by atoms with van der Waals surface area (Å²) >= 11 is 0. The Morgan fingerprint density at radius 1 is 0.870 bits per heavy atom. The summed E-state index contributed by atoms with van der Waals surface area (Å²) in [4.78, 5) is 10.1. The van der Waals surface area contributed by atoms with E-state index in [-0.39, 0.29) is 24.7 Å². The average molecular weight is 346 g/mol. The molecule has 0 fully saturated rings. The fourth-order valence-electron chi connectivity index (χ4n) is 1.55. The Morgan fingerprint density at radius 3 is 1.96 bits per heavy atom. The van der Waals surface area contributed by atoms with Crippen LogP contribution >= 0.6 is 0 Å². The van der Waals surface area contributed by atoms with E-state index in [0.29, 0.717) is 32.7 Å². The minimum Gasteiger partial charge on any atom is -0.377 e. The van der Waals surface area contributed by atoms with E-state index in [0.717, 1.165) is 5.56 Å². The first kappa shape index (κ1) is 19.7. The molecule has 0 N–H and O–H groups in total. The van der Waals surface area contributed by atoms with Crippen LogP contribution in [0.3, 0.4) is 0 Å². The minimum absolute atomic E-state index is 0.0569. The third-order valence-corrected chi connectivity index (χ3v) is 4.03. The highest BCUT2D eigenvalue weighted by Crippen LogP contribution is 2.12. The van der Waals surface area contributed by atoms with Gasteiger partial charge in [-0.3, -0.25) is 4.18 Å². The molecule has 0 saturated heterocycles. The molecule has 0 amide bonds. The zero-order valence-electron chi connectivity index (χ0n) is 13.1. The lowest BCUT2D eigenvalue weighted by Crippen LogP contribution is -2.14. The van der Waals surface area contributed by atoms with Crippen LogP contribution in [0.15, 0.2) is 29.2 Å². The molecule has 0 unspecified atom stereocenters. The quantitative estimate of drug-likeness (QED) is 0.298. The lowest BCUT2D eigenvalue weighted by Gasteiger charge is -2.07. The van der Waals surface area contributed by atoms with Crippen LogP contribution in [-0.2, 0) is 33.3 Å². The van der Waals surface area contributed by atoms with Gasteiger partial charge in [-0.05, 0) is 19.1 Å². The maximum Gasteiger partial charge on any atom is 0.297 e. The molecule has 8 heteroatoms. The van der Waals surface area contributed by atoms with E-state index < -0.39 is 10.1 Å². The third-order valence-electron chi connectivity index (χ3n) is 2.71. The predicted molar refractivity (Wildman–Crippen MR) is 82.8 cm³/mol. The summed E-state index contributed by atoms with van der Waals surface area (Å²) < 4.78 is 43.9. The van der Waals surface area contributed by atoms with Crippen molar-refractivity contribution in [2.75, 3.05) is 46.2 Å². The largest absolute Gasteiger partial charge is 0.377 e. The highest BCUT2D eigenvalue weighted by Gasteiger charge is 2.14. The summed E-state index contributed by atoms with van der Waals surface area (Å²) in [5.74, 6) is 0. The number of ether oxygens (including phenoxy) is 3.